The molecule has 2 rings (SSSR count). The standard InChI is InChI=1S/C11H18N4/c1-7(2)9-10(12)13-6-14-11(9)15(3)8-4-5-8/h6-8H,4-5H2,1-3H3,(H2,12,13,14). The molecule has 1 aliphatic rings. The van der Waals surface area contributed by atoms with Gasteiger partial charge >= 0.3 is 0 Å². The van der Waals surface area contributed by atoms with Crippen LogP contribution in [0.3, 0.4) is 0 Å². The van der Waals surface area contributed by atoms with Crippen molar-refractivity contribution in [3.8, 4) is 0 Å². The topological polar surface area (TPSA) is 55.0 Å². The van der Waals surface area contributed by atoms with Crippen LogP contribution in [0.25, 0.3) is 0 Å². The Balaban J connectivity index is 2.40. The zero-order chi connectivity index (χ0) is 11.0. The Kier molecular flexibility index (Phi) is 2.50. The van der Waals surface area contributed by atoms with Crippen LogP contribution in [0.5, 0.6) is 0 Å². The molecule has 0 radical (unpaired) electrons. The van der Waals surface area contributed by atoms with E-state index in [1.165, 1.54) is 12.8 Å². The normalized spacial score (nSPS) is 15.7. The summed E-state index contributed by atoms with van der Waals surface area (Å²) in [5, 5.41) is 0. The van der Waals surface area contributed by atoms with Crippen molar-refractivity contribution in [1.82, 2.24) is 9.97 Å². The lowest BCUT2D eigenvalue weighted by Gasteiger charge is -2.22. The molecule has 2 N–H and O–H groups in total. The van der Waals surface area contributed by atoms with Gasteiger partial charge in [-0.2, -0.15) is 0 Å². The monoisotopic (exact) mass is 206 g/mol. The van der Waals surface area contributed by atoms with Crippen LogP contribution in [0.4, 0.5) is 11.6 Å². The second kappa shape index (κ2) is 3.68. The molecule has 1 saturated carbocycles. The summed E-state index contributed by atoms with van der Waals surface area (Å²) in [5.41, 5.74) is 6.98. The second-order valence-corrected chi connectivity index (χ2v) is 4.49. The summed E-state index contributed by atoms with van der Waals surface area (Å²) in [5.74, 6) is 1.98. The minimum atomic E-state index is 0.363. The van der Waals surface area contributed by atoms with E-state index in [1.54, 1.807) is 6.33 Å². The third kappa shape index (κ3) is 1.89. The zero-order valence-corrected chi connectivity index (χ0v) is 9.57. The summed E-state index contributed by atoms with van der Waals surface area (Å²) in [4.78, 5) is 10.6. The lowest BCUT2D eigenvalue weighted by atomic mass is 10.0. The molecule has 1 aromatic heterocycles. The van der Waals surface area contributed by atoms with Crippen LogP contribution in [0.1, 0.15) is 38.2 Å². The van der Waals surface area contributed by atoms with Gasteiger partial charge in [-0.25, -0.2) is 9.97 Å². The van der Waals surface area contributed by atoms with E-state index in [2.05, 4.69) is 35.8 Å². The Hall–Kier alpha value is -1.32. The maximum absolute atomic E-state index is 5.90. The van der Waals surface area contributed by atoms with E-state index in [4.69, 9.17) is 5.73 Å². The lowest BCUT2D eigenvalue weighted by Crippen LogP contribution is -2.23. The first-order valence-electron chi connectivity index (χ1n) is 5.44. The molecule has 0 aromatic carbocycles. The van der Waals surface area contributed by atoms with Gasteiger partial charge in [-0.05, 0) is 18.8 Å². The summed E-state index contributed by atoms with van der Waals surface area (Å²) in [7, 11) is 2.09. The molecule has 0 aliphatic heterocycles. The van der Waals surface area contributed by atoms with Crippen LogP contribution in [0.15, 0.2) is 6.33 Å². The molecule has 0 unspecified atom stereocenters. The number of hydrogen-bond donors (Lipinski definition) is 1. The van der Waals surface area contributed by atoms with Crippen molar-refractivity contribution in [2.24, 2.45) is 0 Å². The summed E-state index contributed by atoms with van der Waals surface area (Å²) >= 11 is 0. The van der Waals surface area contributed by atoms with Gasteiger partial charge in [-0.3, -0.25) is 0 Å². The van der Waals surface area contributed by atoms with Crippen molar-refractivity contribution in [1.29, 1.82) is 0 Å². The van der Waals surface area contributed by atoms with E-state index in [0.29, 0.717) is 17.8 Å². The minimum absolute atomic E-state index is 0.363. The van der Waals surface area contributed by atoms with Gasteiger partial charge in [0.05, 0.1) is 0 Å². The summed E-state index contributed by atoms with van der Waals surface area (Å²) in [6, 6.07) is 0.650. The maximum Gasteiger partial charge on any atom is 0.137 e. The molecule has 1 aromatic rings. The molecule has 1 fully saturated rings. The molecule has 82 valence electrons. The predicted molar refractivity (Wildman–Crippen MR) is 62.0 cm³/mol. The molecule has 0 bridgehead atoms. The van der Waals surface area contributed by atoms with E-state index in [1.807, 2.05) is 0 Å². The minimum Gasteiger partial charge on any atom is -0.383 e. The number of nitrogens with zero attached hydrogens (tertiary/aromatic N) is 3. The summed E-state index contributed by atoms with van der Waals surface area (Å²) < 4.78 is 0. The third-order valence-electron chi connectivity index (χ3n) is 2.90. The first-order valence-corrected chi connectivity index (χ1v) is 5.44. The fourth-order valence-corrected chi connectivity index (χ4v) is 1.87. The van der Waals surface area contributed by atoms with Crippen molar-refractivity contribution in [2.75, 3.05) is 17.7 Å². The first kappa shape index (κ1) is 10.2. The fourth-order valence-electron chi connectivity index (χ4n) is 1.87. The van der Waals surface area contributed by atoms with Gasteiger partial charge in [0.15, 0.2) is 0 Å². The average molecular weight is 206 g/mol. The Bertz CT molecular complexity index is 358. The van der Waals surface area contributed by atoms with Crippen LogP contribution in [-0.2, 0) is 0 Å². The number of aromatic nitrogens is 2. The molecule has 1 aliphatic carbocycles. The number of rotatable bonds is 3. The molecule has 0 amide bonds. The number of hydrogen-bond acceptors (Lipinski definition) is 4. The maximum atomic E-state index is 5.90. The number of anilines is 2. The average Bonchev–Trinajstić information content (AvgIpc) is 2.98. The van der Waals surface area contributed by atoms with Crippen LogP contribution in [0, 0.1) is 0 Å². The molecule has 1 heterocycles. The van der Waals surface area contributed by atoms with Crippen LogP contribution in [-0.4, -0.2) is 23.1 Å². The van der Waals surface area contributed by atoms with Gasteiger partial charge in [0, 0.05) is 18.7 Å². The third-order valence-corrected chi connectivity index (χ3v) is 2.90. The summed E-state index contributed by atoms with van der Waals surface area (Å²) in [6.45, 7) is 4.25. The first-order chi connectivity index (χ1) is 7.11. The van der Waals surface area contributed by atoms with Crippen molar-refractivity contribution in [2.45, 2.75) is 38.6 Å². The quantitative estimate of drug-likeness (QED) is 0.819. The zero-order valence-electron chi connectivity index (χ0n) is 9.57. The van der Waals surface area contributed by atoms with Crippen molar-refractivity contribution >= 4 is 11.6 Å². The second-order valence-electron chi connectivity index (χ2n) is 4.49. The largest absolute Gasteiger partial charge is 0.383 e. The van der Waals surface area contributed by atoms with E-state index in [0.717, 1.165) is 11.4 Å². The van der Waals surface area contributed by atoms with E-state index in [9.17, 15) is 0 Å². The molecule has 0 atom stereocenters. The summed E-state index contributed by atoms with van der Waals surface area (Å²) in [6.07, 6.45) is 4.07. The highest BCUT2D eigenvalue weighted by Gasteiger charge is 2.29. The van der Waals surface area contributed by atoms with Gasteiger partial charge < -0.3 is 10.6 Å². The number of nitrogen functional groups attached to an aromatic ring is 1. The smallest absolute Gasteiger partial charge is 0.137 e. The highest BCUT2D eigenvalue weighted by atomic mass is 15.2. The van der Waals surface area contributed by atoms with Crippen molar-refractivity contribution < 1.29 is 0 Å². The van der Waals surface area contributed by atoms with Gasteiger partial charge in [-0.15, -0.1) is 0 Å². The molecule has 0 saturated heterocycles. The van der Waals surface area contributed by atoms with Crippen molar-refractivity contribution in [3.05, 3.63) is 11.9 Å². The predicted octanol–water partition coefficient (Wildman–Crippen LogP) is 1.78. The highest BCUT2D eigenvalue weighted by molar-refractivity contribution is 5.58. The molecule has 4 heteroatoms. The Morgan fingerprint density at radius 2 is 2.07 bits per heavy atom. The SMILES string of the molecule is CC(C)c1c(N)ncnc1N(C)C1CC1. The molecule has 0 spiro atoms. The van der Waals surface area contributed by atoms with Crippen LogP contribution < -0.4 is 10.6 Å². The van der Waals surface area contributed by atoms with Gasteiger partial charge in [-0.1, -0.05) is 13.8 Å². The molecular weight excluding hydrogens is 188 g/mol. The van der Waals surface area contributed by atoms with Gasteiger partial charge in [0.2, 0.25) is 0 Å². The van der Waals surface area contributed by atoms with Gasteiger partial charge in [0.25, 0.3) is 0 Å². The van der Waals surface area contributed by atoms with Crippen LogP contribution in [0.2, 0.25) is 0 Å². The Morgan fingerprint density at radius 3 is 2.60 bits per heavy atom. The fraction of sp³-hybridized carbons (Fsp3) is 0.636. The van der Waals surface area contributed by atoms with E-state index in [-0.39, 0.29) is 0 Å². The molecule has 15 heavy (non-hydrogen) atoms. The lowest BCUT2D eigenvalue weighted by molar-refractivity contribution is 0.810. The van der Waals surface area contributed by atoms with Crippen LogP contribution >= 0.6 is 0 Å². The number of nitrogens with two attached hydrogens (primary N) is 1. The van der Waals surface area contributed by atoms with Crippen molar-refractivity contribution in [3.63, 3.8) is 0 Å². The van der Waals surface area contributed by atoms with E-state index >= 15 is 0 Å². The Morgan fingerprint density at radius 1 is 1.40 bits per heavy atom. The van der Waals surface area contributed by atoms with Gasteiger partial charge in [0.1, 0.15) is 18.0 Å². The van der Waals surface area contributed by atoms with E-state index < -0.39 is 0 Å². The Labute approximate surface area is 90.5 Å². The molecule has 4 nitrogen and oxygen atoms in total. The highest BCUT2D eigenvalue weighted by Crippen LogP contribution is 2.34. The molecular formula is C11H18N4.